The fourth-order valence-electron chi connectivity index (χ4n) is 0.828. The van der Waals surface area contributed by atoms with Gasteiger partial charge in [0, 0.05) is 0 Å². The van der Waals surface area contributed by atoms with E-state index in [1.165, 1.54) is 0 Å². The molecule has 0 saturated heterocycles. The molecule has 1 atom stereocenters. The summed E-state index contributed by atoms with van der Waals surface area (Å²) in [5.74, 6) is -0.240. The first-order chi connectivity index (χ1) is 5.72. The summed E-state index contributed by atoms with van der Waals surface area (Å²) in [6.07, 6.45) is 3.29. The molecule has 0 bridgehead atoms. The Hall–Kier alpha value is -0.900. The third kappa shape index (κ3) is 4.85. The van der Waals surface area contributed by atoms with Crippen molar-refractivity contribution in [3.05, 3.63) is 0 Å². The fourth-order valence-corrected chi connectivity index (χ4v) is 0.828. The van der Waals surface area contributed by atoms with E-state index in [1.54, 1.807) is 0 Å². The molecular weight excluding hydrogens is 156 g/mol. The maximum atomic E-state index is 11.0. The highest BCUT2D eigenvalue weighted by Gasteiger charge is 2.10. The number of amides is 1. The number of unbranched alkanes of at least 4 members (excludes halogenated alkanes) is 1. The van der Waals surface area contributed by atoms with E-state index >= 15 is 0 Å². The van der Waals surface area contributed by atoms with Crippen LogP contribution in [-0.4, -0.2) is 24.8 Å². The van der Waals surface area contributed by atoms with Crippen LogP contribution < -0.4 is 11.1 Å². The second kappa shape index (κ2) is 6.79. The molecule has 0 unspecified atom stereocenters. The number of nitrogens with one attached hydrogen (secondary N) is 1. The van der Waals surface area contributed by atoms with Gasteiger partial charge >= 0.3 is 0 Å². The normalized spacial score (nSPS) is 12.2. The van der Waals surface area contributed by atoms with Crippen molar-refractivity contribution in [2.24, 2.45) is 5.73 Å². The van der Waals surface area contributed by atoms with Crippen LogP contribution in [0.3, 0.4) is 0 Å². The van der Waals surface area contributed by atoms with Crippen LogP contribution in [0.25, 0.3) is 0 Å². The minimum atomic E-state index is -0.468. The highest BCUT2D eigenvalue weighted by Crippen LogP contribution is 1.97. The highest BCUT2D eigenvalue weighted by atomic mass is 16.2. The lowest BCUT2D eigenvalue weighted by atomic mass is 10.1. The van der Waals surface area contributed by atoms with Gasteiger partial charge in [0.15, 0.2) is 0 Å². The van der Waals surface area contributed by atoms with E-state index in [0.29, 0.717) is 12.7 Å². The number of nitrogens with two attached hydrogens (primary N) is 1. The van der Waals surface area contributed by atoms with Crippen molar-refractivity contribution in [1.29, 1.82) is 0 Å². The summed E-state index contributed by atoms with van der Waals surface area (Å²) in [6, 6.07) is -0.468. The molecule has 12 heavy (non-hydrogen) atoms. The molecule has 0 aromatic rings. The quantitative estimate of drug-likeness (QED) is 0.546. The van der Waals surface area contributed by atoms with Gasteiger partial charge in [-0.1, -0.05) is 19.8 Å². The summed E-state index contributed by atoms with van der Waals surface area (Å²) >= 11 is 0. The van der Waals surface area contributed by atoms with E-state index in [-0.39, 0.29) is 12.5 Å². The summed E-state index contributed by atoms with van der Waals surface area (Å²) < 4.78 is 0. The molecule has 70 valence electrons. The third-order valence-corrected chi connectivity index (χ3v) is 1.57. The third-order valence-electron chi connectivity index (χ3n) is 1.57. The average molecular weight is 172 g/mol. The van der Waals surface area contributed by atoms with Crippen LogP contribution in [0.15, 0.2) is 0 Å². The van der Waals surface area contributed by atoms with E-state index in [2.05, 4.69) is 5.32 Å². The Morgan fingerprint density at radius 1 is 1.67 bits per heavy atom. The van der Waals surface area contributed by atoms with Crippen LogP contribution in [0.1, 0.15) is 26.2 Å². The van der Waals surface area contributed by atoms with Gasteiger partial charge in [-0.05, 0) is 6.42 Å². The van der Waals surface area contributed by atoms with Crippen LogP contribution >= 0.6 is 0 Å². The number of carbonyl (C=O) groups excluding carboxylic acids is 2. The van der Waals surface area contributed by atoms with Gasteiger partial charge in [0.25, 0.3) is 0 Å². The molecule has 4 heteroatoms. The lowest BCUT2D eigenvalue weighted by Crippen LogP contribution is -2.41. The van der Waals surface area contributed by atoms with Crippen LogP contribution in [0.2, 0.25) is 0 Å². The Morgan fingerprint density at radius 3 is 2.83 bits per heavy atom. The second-order valence-electron chi connectivity index (χ2n) is 2.66. The second-order valence-corrected chi connectivity index (χ2v) is 2.66. The van der Waals surface area contributed by atoms with Crippen LogP contribution in [-0.2, 0) is 9.59 Å². The van der Waals surface area contributed by atoms with Gasteiger partial charge in [0.2, 0.25) is 5.91 Å². The zero-order valence-corrected chi connectivity index (χ0v) is 7.38. The molecule has 0 saturated carbocycles. The van der Waals surface area contributed by atoms with Crippen molar-refractivity contribution in [1.82, 2.24) is 5.32 Å². The van der Waals surface area contributed by atoms with Gasteiger partial charge in [0.1, 0.15) is 6.29 Å². The lowest BCUT2D eigenvalue weighted by Gasteiger charge is -2.09. The maximum absolute atomic E-state index is 11.0. The zero-order chi connectivity index (χ0) is 9.40. The fraction of sp³-hybridized carbons (Fsp3) is 0.750. The monoisotopic (exact) mass is 172 g/mol. The molecule has 0 fully saturated rings. The number of rotatable bonds is 6. The van der Waals surface area contributed by atoms with E-state index < -0.39 is 6.04 Å². The smallest absolute Gasteiger partial charge is 0.237 e. The first-order valence-corrected chi connectivity index (χ1v) is 4.19. The first-order valence-electron chi connectivity index (χ1n) is 4.19. The van der Waals surface area contributed by atoms with Crippen LogP contribution in [0, 0.1) is 0 Å². The molecule has 0 aliphatic carbocycles. The highest BCUT2D eigenvalue weighted by molar-refractivity contribution is 5.83. The molecule has 0 spiro atoms. The Kier molecular flexibility index (Phi) is 6.28. The summed E-state index contributed by atoms with van der Waals surface area (Å²) in [7, 11) is 0. The molecule has 0 aromatic heterocycles. The van der Waals surface area contributed by atoms with E-state index in [0.717, 1.165) is 12.8 Å². The van der Waals surface area contributed by atoms with Crippen molar-refractivity contribution in [2.45, 2.75) is 32.2 Å². The molecule has 0 heterocycles. The summed E-state index contributed by atoms with van der Waals surface area (Å²) in [5, 5.41) is 2.41. The number of hydrogen-bond donors (Lipinski definition) is 2. The molecule has 0 aromatic carbocycles. The molecule has 0 aliphatic heterocycles. The van der Waals surface area contributed by atoms with Gasteiger partial charge in [0.05, 0.1) is 12.6 Å². The number of hydrogen-bond acceptors (Lipinski definition) is 3. The minimum Gasteiger partial charge on any atom is -0.348 e. The van der Waals surface area contributed by atoms with E-state index in [9.17, 15) is 9.59 Å². The van der Waals surface area contributed by atoms with Gasteiger partial charge in [-0.2, -0.15) is 0 Å². The number of aldehydes is 1. The Morgan fingerprint density at radius 2 is 2.33 bits per heavy atom. The van der Waals surface area contributed by atoms with Gasteiger partial charge in [-0.3, -0.25) is 4.79 Å². The standard InChI is InChI=1S/C8H16N2O2/c1-2-3-4-7(9)8(12)10-5-6-11/h6-7H,2-5,9H2,1H3,(H,10,12)/t7-/m1/s1. The molecule has 3 N–H and O–H groups in total. The molecule has 1 amide bonds. The number of carbonyl (C=O) groups is 2. The Balaban J connectivity index is 3.53. The van der Waals surface area contributed by atoms with Crippen molar-refractivity contribution < 1.29 is 9.59 Å². The van der Waals surface area contributed by atoms with Gasteiger partial charge < -0.3 is 15.8 Å². The summed E-state index contributed by atoms with van der Waals surface area (Å²) in [4.78, 5) is 20.9. The van der Waals surface area contributed by atoms with Gasteiger partial charge in [-0.25, -0.2) is 0 Å². The predicted octanol–water partition coefficient (Wildman–Crippen LogP) is -0.181. The van der Waals surface area contributed by atoms with Crippen LogP contribution in [0.5, 0.6) is 0 Å². The Bertz CT molecular complexity index is 148. The summed E-state index contributed by atoms with van der Waals surface area (Å²) in [6.45, 7) is 2.09. The molecule has 4 nitrogen and oxygen atoms in total. The minimum absolute atomic E-state index is 0.0542. The summed E-state index contributed by atoms with van der Waals surface area (Å²) in [5.41, 5.74) is 5.52. The SMILES string of the molecule is CCCC[C@@H](N)C(=O)NCC=O. The predicted molar refractivity (Wildman–Crippen MR) is 46.6 cm³/mol. The van der Waals surface area contributed by atoms with E-state index in [1.807, 2.05) is 6.92 Å². The Labute approximate surface area is 72.5 Å². The van der Waals surface area contributed by atoms with Crippen LogP contribution in [0.4, 0.5) is 0 Å². The largest absolute Gasteiger partial charge is 0.348 e. The molecule has 0 aliphatic rings. The molecule has 0 radical (unpaired) electrons. The first kappa shape index (κ1) is 11.1. The average Bonchev–Trinajstić information content (AvgIpc) is 2.10. The van der Waals surface area contributed by atoms with Crippen molar-refractivity contribution in [3.8, 4) is 0 Å². The topological polar surface area (TPSA) is 72.2 Å². The van der Waals surface area contributed by atoms with E-state index in [4.69, 9.17) is 5.73 Å². The maximum Gasteiger partial charge on any atom is 0.237 e. The van der Waals surface area contributed by atoms with Crippen molar-refractivity contribution in [3.63, 3.8) is 0 Å². The molecule has 0 rings (SSSR count). The lowest BCUT2D eigenvalue weighted by molar-refractivity contribution is -0.123. The zero-order valence-electron chi connectivity index (χ0n) is 7.38. The van der Waals surface area contributed by atoms with Crippen molar-refractivity contribution in [2.75, 3.05) is 6.54 Å². The molecular formula is C8H16N2O2. The van der Waals surface area contributed by atoms with Gasteiger partial charge in [-0.15, -0.1) is 0 Å². The van der Waals surface area contributed by atoms with Crippen molar-refractivity contribution >= 4 is 12.2 Å².